The molecule has 1 saturated heterocycles. The highest BCUT2D eigenvalue weighted by Gasteiger charge is 2.33. The predicted octanol–water partition coefficient (Wildman–Crippen LogP) is 0.395. The molecule has 1 aromatic carbocycles. The van der Waals surface area contributed by atoms with Gasteiger partial charge in [-0.3, -0.25) is 4.79 Å². The molecule has 2 N–H and O–H groups in total. The largest absolute Gasteiger partial charge is 0.467 e. The Bertz CT molecular complexity index is 500. The molecule has 0 aliphatic carbocycles. The van der Waals surface area contributed by atoms with Crippen molar-refractivity contribution < 1.29 is 19.1 Å². The van der Waals surface area contributed by atoms with Gasteiger partial charge in [-0.1, -0.05) is 30.3 Å². The van der Waals surface area contributed by atoms with Crippen molar-refractivity contribution in [2.24, 2.45) is 0 Å². The molecule has 1 amide bonds. The van der Waals surface area contributed by atoms with Crippen molar-refractivity contribution in [3.05, 3.63) is 35.9 Å². The topological polar surface area (TPSA) is 76.7 Å². The van der Waals surface area contributed by atoms with Crippen molar-refractivity contribution in [3.63, 3.8) is 0 Å². The third kappa shape index (κ3) is 4.03. The number of benzene rings is 1. The van der Waals surface area contributed by atoms with Gasteiger partial charge in [0.1, 0.15) is 6.61 Å². The molecule has 1 aromatic rings. The molecule has 6 nitrogen and oxygen atoms in total. The summed E-state index contributed by atoms with van der Waals surface area (Å²) in [5, 5.41) is 5.73. The van der Waals surface area contributed by atoms with Crippen LogP contribution in [0.1, 0.15) is 18.5 Å². The van der Waals surface area contributed by atoms with Crippen molar-refractivity contribution in [1.29, 1.82) is 0 Å². The minimum atomic E-state index is -0.820. The van der Waals surface area contributed by atoms with Crippen LogP contribution in [0.15, 0.2) is 30.3 Å². The lowest BCUT2D eigenvalue weighted by Crippen LogP contribution is -2.59. The quantitative estimate of drug-likeness (QED) is 0.742. The first-order valence-electron chi connectivity index (χ1n) is 6.81. The molecule has 0 radical (unpaired) electrons. The molecule has 0 aromatic heterocycles. The second-order valence-electron chi connectivity index (χ2n) is 5.28. The average molecular weight is 292 g/mol. The number of methoxy groups -OCH3 is 1. The van der Waals surface area contributed by atoms with E-state index in [0.29, 0.717) is 5.56 Å². The third-order valence-electron chi connectivity index (χ3n) is 3.42. The lowest BCUT2D eigenvalue weighted by molar-refractivity contribution is -0.147. The van der Waals surface area contributed by atoms with Crippen LogP contribution in [-0.2, 0) is 19.1 Å². The van der Waals surface area contributed by atoms with Crippen molar-refractivity contribution in [1.82, 2.24) is 10.6 Å². The molecule has 1 unspecified atom stereocenters. The number of rotatable bonds is 6. The van der Waals surface area contributed by atoms with Gasteiger partial charge in [-0.05, 0) is 12.5 Å². The van der Waals surface area contributed by atoms with Gasteiger partial charge in [0.15, 0.2) is 6.04 Å². The Kier molecular flexibility index (Phi) is 4.93. The molecule has 0 saturated carbocycles. The van der Waals surface area contributed by atoms with Gasteiger partial charge in [0.25, 0.3) is 0 Å². The van der Waals surface area contributed by atoms with E-state index in [9.17, 15) is 9.59 Å². The Balaban J connectivity index is 1.95. The predicted molar refractivity (Wildman–Crippen MR) is 76.6 cm³/mol. The van der Waals surface area contributed by atoms with Gasteiger partial charge in [0.05, 0.1) is 12.7 Å². The van der Waals surface area contributed by atoms with Crippen LogP contribution in [0.25, 0.3) is 0 Å². The fourth-order valence-corrected chi connectivity index (χ4v) is 2.06. The van der Waals surface area contributed by atoms with Gasteiger partial charge in [-0.25, -0.2) is 4.79 Å². The number of ether oxygens (including phenoxy) is 2. The molecule has 6 heteroatoms. The zero-order chi connectivity index (χ0) is 15.3. The Morgan fingerprint density at radius 3 is 2.52 bits per heavy atom. The molecule has 1 aliphatic heterocycles. The van der Waals surface area contributed by atoms with Gasteiger partial charge >= 0.3 is 5.97 Å². The first-order chi connectivity index (χ1) is 10.0. The summed E-state index contributed by atoms with van der Waals surface area (Å²) in [5.41, 5.74) is 0.374. The Morgan fingerprint density at radius 1 is 1.33 bits per heavy atom. The lowest BCUT2D eigenvalue weighted by Gasteiger charge is -2.38. The molecule has 1 atom stereocenters. The summed E-state index contributed by atoms with van der Waals surface area (Å²) >= 11 is 0. The molecular formula is C15H20N2O4. The summed E-state index contributed by atoms with van der Waals surface area (Å²) in [4.78, 5) is 23.8. The Morgan fingerprint density at radius 2 is 2.00 bits per heavy atom. The third-order valence-corrected chi connectivity index (χ3v) is 3.42. The summed E-state index contributed by atoms with van der Waals surface area (Å²) in [5.74, 6) is -0.853. The highest BCUT2D eigenvalue weighted by Crippen LogP contribution is 2.16. The van der Waals surface area contributed by atoms with Gasteiger partial charge < -0.3 is 20.1 Å². The number of carbonyl (C=O) groups excluding carboxylic acids is 2. The number of hydrogen-bond donors (Lipinski definition) is 2. The average Bonchev–Trinajstić information content (AvgIpc) is 2.48. The number of esters is 1. The SMILES string of the molecule is COC(=O)C(NC(=O)COC1(C)CNC1)c1ccccc1. The van der Waals surface area contributed by atoms with Gasteiger partial charge in [0, 0.05) is 13.1 Å². The second kappa shape index (κ2) is 6.69. The number of nitrogens with one attached hydrogen (secondary N) is 2. The monoisotopic (exact) mass is 292 g/mol. The van der Waals surface area contributed by atoms with Crippen LogP contribution in [-0.4, -0.2) is 44.3 Å². The van der Waals surface area contributed by atoms with Crippen molar-refractivity contribution in [2.45, 2.75) is 18.6 Å². The van der Waals surface area contributed by atoms with Gasteiger partial charge in [-0.15, -0.1) is 0 Å². The number of carbonyl (C=O) groups is 2. The smallest absolute Gasteiger partial charge is 0.333 e. The van der Waals surface area contributed by atoms with Crippen LogP contribution < -0.4 is 10.6 Å². The molecule has 2 rings (SSSR count). The highest BCUT2D eigenvalue weighted by molar-refractivity contribution is 5.86. The number of amides is 1. The fraction of sp³-hybridized carbons (Fsp3) is 0.467. The summed E-state index contributed by atoms with van der Waals surface area (Å²) in [6.45, 7) is 3.29. The summed E-state index contributed by atoms with van der Waals surface area (Å²) in [6.07, 6.45) is 0. The zero-order valence-electron chi connectivity index (χ0n) is 12.2. The molecule has 114 valence electrons. The van der Waals surface area contributed by atoms with E-state index in [4.69, 9.17) is 9.47 Å². The first kappa shape index (κ1) is 15.5. The highest BCUT2D eigenvalue weighted by atomic mass is 16.5. The van der Waals surface area contributed by atoms with Gasteiger partial charge in [-0.2, -0.15) is 0 Å². The van der Waals surface area contributed by atoms with Gasteiger partial charge in [0.2, 0.25) is 5.91 Å². The molecule has 1 heterocycles. The maximum absolute atomic E-state index is 12.0. The van der Waals surface area contributed by atoms with Crippen LogP contribution in [0.2, 0.25) is 0 Å². The molecule has 0 spiro atoms. The normalized spacial score (nSPS) is 17.4. The standard InChI is InChI=1S/C15H20N2O4/c1-15(9-16-10-15)21-8-12(18)17-13(14(19)20-2)11-6-4-3-5-7-11/h3-7,13,16H,8-10H2,1-2H3,(H,17,18). The van der Waals surface area contributed by atoms with Crippen molar-refractivity contribution in [3.8, 4) is 0 Å². The van der Waals surface area contributed by atoms with Crippen LogP contribution in [0, 0.1) is 0 Å². The molecule has 0 bridgehead atoms. The van der Waals surface area contributed by atoms with E-state index in [2.05, 4.69) is 10.6 Å². The zero-order valence-corrected chi connectivity index (χ0v) is 12.2. The first-order valence-corrected chi connectivity index (χ1v) is 6.81. The van der Waals surface area contributed by atoms with Crippen LogP contribution in [0.5, 0.6) is 0 Å². The lowest BCUT2D eigenvalue weighted by atomic mass is 10.0. The minimum absolute atomic E-state index is 0.0848. The van der Waals surface area contributed by atoms with E-state index < -0.39 is 12.0 Å². The van der Waals surface area contributed by atoms with Crippen molar-refractivity contribution in [2.75, 3.05) is 26.8 Å². The van der Waals surface area contributed by atoms with Crippen LogP contribution in [0.3, 0.4) is 0 Å². The summed E-state index contributed by atoms with van der Waals surface area (Å²) < 4.78 is 10.3. The maximum Gasteiger partial charge on any atom is 0.333 e. The Hall–Kier alpha value is -1.92. The number of hydrogen-bond acceptors (Lipinski definition) is 5. The molecule has 1 fully saturated rings. The van der Waals surface area contributed by atoms with Crippen molar-refractivity contribution >= 4 is 11.9 Å². The molecule has 1 aliphatic rings. The minimum Gasteiger partial charge on any atom is -0.467 e. The van der Waals surface area contributed by atoms with Crippen LogP contribution in [0.4, 0.5) is 0 Å². The van der Waals surface area contributed by atoms with Crippen LogP contribution >= 0.6 is 0 Å². The summed E-state index contributed by atoms with van der Waals surface area (Å²) in [6, 6.07) is 8.15. The molecule has 21 heavy (non-hydrogen) atoms. The molecular weight excluding hydrogens is 272 g/mol. The van der Waals surface area contributed by atoms with E-state index in [1.54, 1.807) is 24.3 Å². The summed E-state index contributed by atoms with van der Waals surface area (Å²) in [7, 11) is 1.29. The van der Waals surface area contributed by atoms with E-state index in [-0.39, 0.29) is 18.1 Å². The van der Waals surface area contributed by atoms with E-state index in [0.717, 1.165) is 13.1 Å². The van der Waals surface area contributed by atoms with E-state index in [1.165, 1.54) is 7.11 Å². The Labute approximate surface area is 123 Å². The maximum atomic E-state index is 12.0. The van der Waals surface area contributed by atoms with E-state index >= 15 is 0 Å². The fourth-order valence-electron chi connectivity index (χ4n) is 2.06. The van der Waals surface area contributed by atoms with E-state index in [1.807, 2.05) is 13.0 Å². The second-order valence-corrected chi connectivity index (χ2v) is 5.28.